The van der Waals surface area contributed by atoms with E-state index in [1.54, 1.807) is 11.9 Å². The Morgan fingerprint density at radius 3 is 2.45 bits per heavy atom. The van der Waals surface area contributed by atoms with Gasteiger partial charge in [0.1, 0.15) is 5.69 Å². The molecular formula is C22H20F3N3S. The molecule has 2 aromatic rings. The second kappa shape index (κ2) is 7.03. The third kappa shape index (κ3) is 3.25. The van der Waals surface area contributed by atoms with Crippen LogP contribution in [0, 0.1) is 19.3 Å². The van der Waals surface area contributed by atoms with E-state index >= 15 is 0 Å². The van der Waals surface area contributed by atoms with E-state index < -0.39 is 17.4 Å². The fourth-order valence-corrected chi connectivity index (χ4v) is 5.20. The average molecular weight is 415 g/mol. The predicted octanol–water partition coefficient (Wildman–Crippen LogP) is 5.76. The molecule has 1 aliphatic heterocycles. The van der Waals surface area contributed by atoms with Crippen molar-refractivity contribution in [3.05, 3.63) is 65.6 Å². The van der Waals surface area contributed by atoms with Gasteiger partial charge in [-0.3, -0.25) is 0 Å². The molecule has 1 aromatic carbocycles. The van der Waals surface area contributed by atoms with Crippen molar-refractivity contribution in [2.45, 2.75) is 37.9 Å². The molecule has 2 heterocycles. The van der Waals surface area contributed by atoms with Crippen LogP contribution in [-0.2, 0) is 6.18 Å². The van der Waals surface area contributed by atoms with E-state index in [9.17, 15) is 13.2 Å². The molecular weight excluding hydrogens is 395 g/mol. The minimum atomic E-state index is -4.56. The van der Waals surface area contributed by atoms with Crippen LogP contribution in [0.1, 0.15) is 36.1 Å². The number of pyridine rings is 1. The highest BCUT2D eigenvalue weighted by Gasteiger charge is 2.50. The maximum atomic E-state index is 13.4. The third-order valence-electron chi connectivity index (χ3n) is 5.64. The van der Waals surface area contributed by atoms with Gasteiger partial charge in [-0.1, -0.05) is 24.3 Å². The molecule has 7 heteroatoms. The number of hydrogen-bond donors (Lipinski definition) is 0. The summed E-state index contributed by atoms with van der Waals surface area (Å²) >= 11 is 1.58. The van der Waals surface area contributed by atoms with Crippen molar-refractivity contribution in [3.8, 4) is 12.3 Å². The number of benzene rings is 1. The molecule has 0 bridgehead atoms. The molecule has 29 heavy (non-hydrogen) atoms. The predicted molar refractivity (Wildman–Crippen MR) is 111 cm³/mol. The summed E-state index contributed by atoms with van der Waals surface area (Å²) in [6.45, 7) is 6.34. The molecule has 0 radical (unpaired) electrons. The molecule has 0 amide bonds. The number of aromatic nitrogens is 1. The van der Waals surface area contributed by atoms with Crippen molar-refractivity contribution in [3.63, 3.8) is 0 Å². The Balaban J connectivity index is 1.70. The zero-order chi connectivity index (χ0) is 20.8. The lowest BCUT2D eigenvalue weighted by Gasteiger charge is -2.57. The van der Waals surface area contributed by atoms with Gasteiger partial charge in [-0.2, -0.15) is 13.2 Å². The number of halogens is 3. The number of aryl methyl sites for hydroxylation is 1. The van der Waals surface area contributed by atoms with Crippen molar-refractivity contribution in [1.82, 2.24) is 4.98 Å². The second-order valence-electron chi connectivity index (χ2n) is 7.38. The summed E-state index contributed by atoms with van der Waals surface area (Å²) in [6, 6.07) is 9.37. The van der Waals surface area contributed by atoms with Crippen LogP contribution < -0.4 is 9.21 Å². The van der Waals surface area contributed by atoms with Gasteiger partial charge in [-0.25, -0.2) is 4.98 Å². The van der Waals surface area contributed by atoms with Crippen molar-refractivity contribution < 1.29 is 13.2 Å². The molecule has 150 valence electrons. The van der Waals surface area contributed by atoms with Crippen LogP contribution in [0.5, 0.6) is 0 Å². The number of rotatable bonds is 2. The smallest absolute Gasteiger partial charge is 0.330 e. The zero-order valence-electron chi connectivity index (χ0n) is 16.0. The van der Waals surface area contributed by atoms with Gasteiger partial charge in [-0.05, 0) is 62.3 Å². The molecule has 0 N–H and O–H groups in total. The second-order valence-corrected chi connectivity index (χ2v) is 8.26. The third-order valence-corrected chi connectivity index (χ3v) is 6.84. The largest absolute Gasteiger partial charge is 0.419 e. The van der Waals surface area contributed by atoms with Crippen LogP contribution in [0.3, 0.4) is 0 Å². The van der Waals surface area contributed by atoms with Gasteiger partial charge in [0.15, 0.2) is 0 Å². The Morgan fingerprint density at radius 1 is 1.21 bits per heavy atom. The Labute approximate surface area is 172 Å². The number of terminal acetylenes is 1. The first-order valence-corrected chi connectivity index (χ1v) is 10.2. The van der Waals surface area contributed by atoms with Crippen molar-refractivity contribution >= 4 is 23.3 Å². The van der Waals surface area contributed by atoms with Crippen LogP contribution in [0.25, 0.3) is 0 Å². The standard InChI is InChI=1S/C22H20F3N3S/c1-4-20-19(22(23,24)25)12-18(13-26-20)27-14-29-28(17-8-6-15(2)7-9-17)21(16(27)3)10-5-11-21/h1,6-9,12-13H,3,5,10-11,14H2,2H3. The maximum absolute atomic E-state index is 13.4. The monoisotopic (exact) mass is 415 g/mol. The van der Waals surface area contributed by atoms with Gasteiger partial charge >= 0.3 is 6.18 Å². The Morgan fingerprint density at radius 2 is 1.90 bits per heavy atom. The molecule has 2 fully saturated rings. The molecule has 3 nitrogen and oxygen atoms in total. The number of alkyl halides is 3. The zero-order valence-corrected chi connectivity index (χ0v) is 16.8. The lowest BCUT2D eigenvalue weighted by atomic mass is 9.73. The lowest BCUT2D eigenvalue weighted by Crippen LogP contribution is -2.59. The van der Waals surface area contributed by atoms with Crippen LogP contribution in [0.15, 0.2) is 48.8 Å². The van der Waals surface area contributed by atoms with Crippen molar-refractivity contribution in [2.75, 3.05) is 15.1 Å². The number of nitrogens with zero attached hydrogens (tertiary/aromatic N) is 3. The SMILES string of the molecule is C#Cc1ncc(N2CSN(c3ccc(C)cc3)C3(CCC3)C2=C)cc1C(F)(F)F. The summed E-state index contributed by atoms with van der Waals surface area (Å²) in [7, 11) is 0. The number of anilines is 2. The highest BCUT2D eigenvalue weighted by Crippen LogP contribution is 2.53. The Bertz CT molecular complexity index is 988. The molecule has 0 unspecified atom stereocenters. The normalized spacial score (nSPS) is 18.5. The minimum Gasteiger partial charge on any atom is -0.330 e. The van der Waals surface area contributed by atoms with E-state index in [1.165, 1.54) is 11.8 Å². The summed E-state index contributed by atoms with van der Waals surface area (Å²) in [5.74, 6) is 2.48. The first kappa shape index (κ1) is 19.7. The van der Waals surface area contributed by atoms with E-state index in [0.717, 1.165) is 36.7 Å². The van der Waals surface area contributed by atoms with Gasteiger partial charge in [0.25, 0.3) is 0 Å². The maximum Gasteiger partial charge on any atom is 0.419 e. The minimum absolute atomic E-state index is 0.304. The van der Waals surface area contributed by atoms with Gasteiger partial charge < -0.3 is 9.21 Å². The van der Waals surface area contributed by atoms with Gasteiger partial charge in [0, 0.05) is 11.4 Å². The molecule has 4 rings (SSSR count). The molecule has 1 saturated heterocycles. The Kier molecular flexibility index (Phi) is 4.78. The molecule has 1 aromatic heterocycles. The highest BCUT2D eigenvalue weighted by molar-refractivity contribution is 8.00. The fraction of sp³-hybridized carbons (Fsp3) is 0.318. The molecule has 1 saturated carbocycles. The van der Waals surface area contributed by atoms with Crippen molar-refractivity contribution in [2.24, 2.45) is 0 Å². The van der Waals surface area contributed by atoms with E-state index in [1.807, 2.05) is 17.7 Å². The molecule has 1 aliphatic carbocycles. The van der Waals surface area contributed by atoms with E-state index in [2.05, 4.69) is 40.1 Å². The quantitative estimate of drug-likeness (QED) is 0.459. The van der Waals surface area contributed by atoms with Crippen LogP contribution in [0.4, 0.5) is 24.5 Å². The van der Waals surface area contributed by atoms with Gasteiger partial charge in [0.2, 0.25) is 0 Å². The highest BCUT2D eigenvalue weighted by atomic mass is 32.2. The summed E-state index contributed by atoms with van der Waals surface area (Å²) in [4.78, 5) is 5.72. The summed E-state index contributed by atoms with van der Waals surface area (Å²) in [5, 5.41) is 0. The summed E-state index contributed by atoms with van der Waals surface area (Å²) in [6.07, 6.45) is 4.93. The lowest BCUT2D eigenvalue weighted by molar-refractivity contribution is -0.138. The van der Waals surface area contributed by atoms with E-state index in [0.29, 0.717) is 11.6 Å². The molecule has 0 atom stereocenters. The van der Waals surface area contributed by atoms with Gasteiger partial charge in [0.05, 0.1) is 28.9 Å². The van der Waals surface area contributed by atoms with E-state index in [-0.39, 0.29) is 5.54 Å². The summed E-state index contributed by atoms with van der Waals surface area (Å²) in [5.41, 5.74) is 1.84. The van der Waals surface area contributed by atoms with Crippen LogP contribution >= 0.6 is 11.9 Å². The fourth-order valence-electron chi connectivity index (χ4n) is 3.85. The van der Waals surface area contributed by atoms with Crippen LogP contribution in [0.2, 0.25) is 0 Å². The van der Waals surface area contributed by atoms with Crippen molar-refractivity contribution in [1.29, 1.82) is 0 Å². The van der Waals surface area contributed by atoms with Crippen LogP contribution in [-0.4, -0.2) is 16.4 Å². The van der Waals surface area contributed by atoms with E-state index in [4.69, 9.17) is 6.42 Å². The molecule has 2 aliphatic rings. The first-order chi connectivity index (χ1) is 13.8. The number of hydrogen-bond acceptors (Lipinski definition) is 4. The molecule has 1 spiro atoms. The topological polar surface area (TPSA) is 19.4 Å². The Hall–Kier alpha value is -2.59. The summed E-state index contributed by atoms with van der Waals surface area (Å²) < 4.78 is 42.6. The first-order valence-electron chi connectivity index (χ1n) is 9.27. The average Bonchev–Trinajstić information content (AvgIpc) is 2.66. The van der Waals surface area contributed by atoms with Gasteiger partial charge in [-0.15, -0.1) is 6.42 Å².